The lowest BCUT2D eigenvalue weighted by molar-refractivity contribution is -0.121. The molecule has 2 rings (SSSR count). The highest BCUT2D eigenvalue weighted by Gasteiger charge is 2.27. The lowest BCUT2D eigenvalue weighted by Gasteiger charge is -2.19. The van der Waals surface area contributed by atoms with Crippen LogP contribution in [-0.4, -0.2) is 25.1 Å². The summed E-state index contributed by atoms with van der Waals surface area (Å²) in [7, 11) is 0. The number of rotatable bonds is 7. The molecule has 0 saturated heterocycles. The van der Waals surface area contributed by atoms with E-state index in [2.05, 4.69) is 19.2 Å². The second-order valence-corrected chi connectivity index (χ2v) is 6.63. The van der Waals surface area contributed by atoms with E-state index in [0.29, 0.717) is 31.4 Å². The highest BCUT2D eigenvalue weighted by molar-refractivity contribution is 5.79. The Balaban J connectivity index is 1.81. The van der Waals surface area contributed by atoms with Gasteiger partial charge in [-0.3, -0.25) is 4.79 Å². The lowest BCUT2D eigenvalue weighted by Crippen LogP contribution is -2.40. The van der Waals surface area contributed by atoms with Crippen molar-refractivity contribution in [3.8, 4) is 5.75 Å². The molecular formula is C18H28N2O2. The van der Waals surface area contributed by atoms with Gasteiger partial charge in [0.25, 0.3) is 0 Å². The summed E-state index contributed by atoms with van der Waals surface area (Å²) < 4.78 is 5.65. The Kier molecular flexibility index (Phi) is 6.25. The molecule has 0 spiro atoms. The van der Waals surface area contributed by atoms with Crippen LogP contribution in [0.4, 0.5) is 0 Å². The van der Waals surface area contributed by atoms with Gasteiger partial charge in [-0.2, -0.15) is 0 Å². The van der Waals surface area contributed by atoms with Crippen LogP contribution in [0.3, 0.4) is 0 Å². The maximum absolute atomic E-state index is 12.1. The van der Waals surface area contributed by atoms with Gasteiger partial charge in [-0.1, -0.05) is 32.4 Å². The number of nitrogens with two attached hydrogens (primary N) is 1. The van der Waals surface area contributed by atoms with E-state index < -0.39 is 0 Å². The molecule has 1 aliphatic carbocycles. The molecule has 0 bridgehead atoms. The van der Waals surface area contributed by atoms with Gasteiger partial charge in [0, 0.05) is 6.04 Å². The molecule has 22 heavy (non-hydrogen) atoms. The fraction of sp³-hybridized carbons (Fsp3) is 0.611. The summed E-state index contributed by atoms with van der Waals surface area (Å²) >= 11 is 0. The predicted molar refractivity (Wildman–Crippen MR) is 88.8 cm³/mol. The molecule has 122 valence electrons. The molecule has 0 heterocycles. The molecule has 1 aromatic rings. The van der Waals surface area contributed by atoms with E-state index in [1.165, 1.54) is 0 Å². The molecule has 3 N–H and O–H groups in total. The average molecular weight is 304 g/mol. The van der Waals surface area contributed by atoms with Crippen molar-refractivity contribution < 1.29 is 9.53 Å². The van der Waals surface area contributed by atoms with E-state index in [9.17, 15) is 4.79 Å². The first-order valence-electron chi connectivity index (χ1n) is 8.29. The number of ether oxygens (including phenoxy) is 1. The molecular weight excluding hydrogens is 276 g/mol. The number of benzene rings is 1. The second-order valence-electron chi connectivity index (χ2n) is 6.63. The predicted octanol–water partition coefficient (Wildman–Crippen LogP) is 2.51. The van der Waals surface area contributed by atoms with Gasteiger partial charge in [-0.15, -0.1) is 0 Å². The average Bonchev–Trinajstić information content (AvgIpc) is 2.93. The standard InChI is InChI=1S/C18H28N2O2/c1-13(2)12-22-16-8-6-14(7-9-16)10-18(21)20-17-5-3-4-15(17)11-19/h6-9,13,15,17H,3-5,10-12,19H2,1-2H3,(H,20,21). The minimum atomic E-state index is 0.0844. The fourth-order valence-electron chi connectivity index (χ4n) is 2.92. The van der Waals surface area contributed by atoms with E-state index in [1.54, 1.807) is 0 Å². The van der Waals surface area contributed by atoms with Gasteiger partial charge in [-0.25, -0.2) is 0 Å². The van der Waals surface area contributed by atoms with Crippen molar-refractivity contribution in [1.82, 2.24) is 5.32 Å². The summed E-state index contributed by atoms with van der Waals surface area (Å²) in [6, 6.07) is 8.05. The van der Waals surface area contributed by atoms with Crippen molar-refractivity contribution in [2.24, 2.45) is 17.6 Å². The molecule has 1 saturated carbocycles. The van der Waals surface area contributed by atoms with E-state index in [0.717, 1.165) is 30.6 Å². The summed E-state index contributed by atoms with van der Waals surface area (Å²) in [5.41, 5.74) is 6.76. The number of carbonyl (C=O) groups is 1. The molecule has 1 fully saturated rings. The van der Waals surface area contributed by atoms with Gasteiger partial charge in [0.1, 0.15) is 5.75 Å². The van der Waals surface area contributed by atoms with Crippen LogP contribution in [0.15, 0.2) is 24.3 Å². The van der Waals surface area contributed by atoms with E-state index in [-0.39, 0.29) is 11.9 Å². The highest BCUT2D eigenvalue weighted by Crippen LogP contribution is 2.24. The Hall–Kier alpha value is -1.55. The summed E-state index contributed by atoms with van der Waals surface area (Å²) in [5.74, 6) is 1.89. The third kappa shape index (κ3) is 5.02. The summed E-state index contributed by atoms with van der Waals surface area (Å²) in [4.78, 5) is 12.1. The van der Waals surface area contributed by atoms with Crippen LogP contribution in [0.2, 0.25) is 0 Å². The zero-order valence-corrected chi connectivity index (χ0v) is 13.7. The first-order valence-corrected chi connectivity index (χ1v) is 8.29. The van der Waals surface area contributed by atoms with Gasteiger partial charge in [0.15, 0.2) is 0 Å². The van der Waals surface area contributed by atoms with Gasteiger partial charge in [0.2, 0.25) is 5.91 Å². The Morgan fingerprint density at radius 1 is 1.32 bits per heavy atom. The van der Waals surface area contributed by atoms with Gasteiger partial charge < -0.3 is 15.8 Å². The third-order valence-corrected chi connectivity index (χ3v) is 4.18. The van der Waals surface area contributed by atoms with Crippen LogP contribution in [0.5, 0.6) is 5.75 Å². The number of amides is 1. The Morgan fingerprint density at radius 2 is 2.05 bits per heavy atom. The monoisotopic (exact) mass is 304 g/mol. The van der Waals surface area contributed by atoms with Crippen molar-refractivity contribution >= 4 is 5.91 Å². The summed E-state index contributed by atoms with van der Waals surface area (Å²) in [6.45, 7) is 5.61. The van der Waals surface area contributed by atoms with Crippen molar-refractivity contribution in [2.75, 3.05) is 13.2 Å². The Bertz CT molecular complexity index is 470. The van der Waals surface area contributed by atoms with Crippen LogP contribution in [-0.2, 0) is 11.2 Å². The van der Waals surface area contributed by atoms with Crippen LogP contribution in [0, 0.1) is 11.8 Å². The molecule has 4 heteroatoms. The minimum absolute atomic E-state index is 0.0844. The first-order chi connectivity index (χ1) is 10.6. The number of carbonyl (C=O) groups excluding carboxylic acids is 1. The van der Waals surface area contributed by atoms with Crippen molar-refractivity contribution in [3.05, 3.63) is 29.8 Å². The molecule has 0 aliphatic heterocycles. The van der Waals surface area contributed by atoms with Crippen LogP contribution in [0.1, 0.15) is 38.7 Å². The molecule has 2 atom stereocenters. The topological polar surface area (TPSA) is 64.3 Å². The maximum atomic E-state index is 12.1. The van der Waals surface area contributed by atoms with Gasteiger partial charge in [-0.05, 0) is 48.9 Å². The Morgan fingerprint density at radius 3 is 2.68 bits per heavy atom. The highest BCUT2D eigenvalue weighted by atomic mass is 16.5. The molecule has 2 unspecified atom stereocenters. The van der Waals surface area contributed by atoms with Crippen molar-refractivity contribution in [3.63, 3.8) is 0 Å². The SMILES string of the molecule is CC(C)COc1ccc(CC(=O)NC2CCCC2CN)cc1. The third-order valence-electron chi connectivity index (χ3n) is 4.18. The summed E-state index contributed by atoms with van der Waals surface area (Å²) in [6.07, 6.45) is 3.76. The van der Waals surface area contributed by atoms with Gasteiger partial charge in [0.05, 0.1) is 13.0 Å². The van der Waals surface area contributed by atoms with Crippen molar-refractivity contribution in [1.29, 1.82) is 0 Å². The number of hydrogen-bond acceptors (Lipinski definition) is 3. The van der Waals surface area contributed by atoms with E-state index in [1.807, 2.05) is 24.3 Å². The number of nitrogens with one attached hydrogen (secondary N) is 1. The fourth-order valence-corrected chi connectivity index (χ4v) is 2.92. The maximum Gasteiger partial charge on any atom is 0.224 e. The molecule has 4 nitrogen and oxygen atoms in total. The quantitative estimate of drug-likeness (QED) is 0.813. The van der Waals surface area contributed by atoms with Crippen LogP contribution in [0.25, 0.3) is 0 Å². The smallest absolute Gasteiger partial charge is 0.224 e. The van der Waals surface area contributed by atoms with E-state index >= 15 is 0 Å². The molecule has 0 aromatic heterocycles. The van der Waals surface area contributed by atoms with Crippen LogP contribution >= 0.6 is 0 Å². The lowest BCUT2D eigenvalue weighted by atomic mass is 10.0. The zero-order chi connectivity index (χ0) is 15.9. The minimum Gasteiger partial charge on any atom is -0.493 e. The normalized spacial score (nSPS) is 21.1. The molecule has 1 aromatic carbocycles. The number of hydrogen-bond donors (Lipinski definition) is 2. The summed E-state index contributed by atoms with van der Waals surface area (Å²) in [5, 5.41) is 3.13. The largest absolute Gasteiger partial charge is 0.493 e. The van der Waals surface area contributed by atoms with Crippen molar-refractivity contribution in [2.45, 2.75) is 45.6 Å². The first kappa shape index (κ1) is 16.8. The molecule has 0 radical (unpaired) electrons. The zero-order valence-electron chi connectivity index (χ0n) is 13.7. The second kappa shape index (κ2) is 8.18. The Labute approximate surface area is 133 Å². The van der Waals surface area contributed by atoms with E-state index in [4.69, 9.17) is 10.5 Å². The molecule has 1 aliphatic rings. The molecule has 1 amide bonds. The van der Waals surface area contributed by atoms with Gasteiger partial charge >= 0.3 is 0 Å². The van der Waals surface area contributed by atoms with Crippen LogP contribution < -0.4 is 15.8 Å².